The second-order valence-electron chi connectivity index (χ2n) is 9.56. The number of carbonyl (C=O) groups is 3. The van der Waals surface area contributed by atoms with Crippen LogP contribution in [0.2, 0.25) is 5.02 Å². The largest absolute Gasteiger partial charge is 0.480 e. The first-order chi connectivity index (χ1) is 18.8. The van der Waals surface area contributed by atoms with Gasteiger partial charge in [0, 0.05) is 11.9 Å². The SMILES string of the molecule is CC(=O)NC(CCCCCc1ccc(Cl)cc1)C(=O)O.NC(CCCCCc1cccc(C(F)(F)F)c1)C(=O)O. The summed E-state index contributed by atoms with van der Waals surface area (Å²) < 4.78 is 37.5. The van der Waals surface area contributed by atoms with Gasteiger partial charge in [-0.3, -0.25) is 9.59 Å². The van der Waals surface area contributed by atoms with Gasteiger partial charge in [-0.1, -0.05) is 67.6 Å². The molecular weight excluding hydrogens is 549 g/mol. The number of nitrogens with one attached hydrogen (secondary N) is 1. The molecule has 0 aromatic heterocycles. The average Bonchev–Trinajstić information content (AvgIpc) is 2.88. The minimum atomic E-state index is -4.32. The van der Waals surface area contributed by atoms with E-state index in [1.807, 2.05) is 24.3 Å². The fourth-order valence-electron chi connectivity index (χ4n) is 3.90. The van der Waals surface area contributed by atoms with Crippen molar-refractivity contribution >= 4 is 29.4 Å². The summed E-state index contributed by atoms with van der Waals surface area (Å²) in [6.07, 6.45) is 2.88. The van der Waals surface area contributed by atoms with Gasteiger partial charge >= 0.3 is 18.1 Å². The van der Waals surface area contributed by atoms with Crippen molar-refractivity contribution in [1.29, 1.82) is 0 Å². The van der Waals surface area contributed by atoms with Crippen LogP contribution in [0.15, 0.2) is 48.5 Å². The molecule has 0 bridgehead atoms. The van der Waals surface area contributed by atoms with E-state index in [1.165, 1.54) is 18.6 Å². The summed E-state index contributed by atoms with van der Waals surface area (Å²) in [4.78, 5) is 32.3. The Morgan fingerprint density at radius 1 is 0.850 bits per heavy atom. The Labute approximate surface area is 237 Å². The molecule has 0 aliphatic heterocycles. The van der Waals surface area contributed by atoms with Crippen molar-refractivity contribution in [3.63, 3.8) is 0 Å². The number of carboxylic acid groups (broad SMARTS) is 2. The normalized spacial score (nSPS) is 12.6. The van der Waals surface area contributed by atoms with E-state index >= 15 is 0 Å². The van der Waals surface area contributed by atoms with Gasteiger partial charge in [-0.05, 0) is 67.9 Å². The molecule has 2 rings (SSSR count). The Morgan fingerprint density at radius 3 is 1.95 bits per heavy atom. The minimum Gasteiger partial charge on any atom is -0.480 e. The molecule has 0 spiro atoms. The lowest BCUT2D eigenvalue weighted by Gasteiger charge is -2.12. The third kappa shape index (κ3) is 15.5. The Hall–Kier alpha value is -3.11. The highest BCUT2D eigenvalue weighted by Gasteiger charge is 2.30. The van der Waals surface area contributed by atoms with Gasteiger partial charge in [0.05, 0.1) is 5.56 Å². The van der Waals surface area contributed by atoms with Gasteiger partial charge in [-0.15, -0.1) is 0 Å². The molecule has 0 saturated heterocycles. The molecule has 0 heterocycles. The Balaban J connectivity index is 0.000000400. The number of rotatable bonds is 15. The Morgan fingerprint density at radius 2 is 1.43 bits per heavy atom. The highest BCUT2D eigenvalue weighted by atomic mass is 35.5. The lowest BCUT2D eigenvalue weighted by atomic mass is 10.0. The number of carboxylic acids is 2. The first-order valence-corrected chi connectivity index (χ1v) is 13.6. The van der Waals surface area contributed by atoms with Crippen molar-refractivity contribution in [2.75, 3.05) is 0 Å². The monoisotopic (exact) mass is 586 g/mol. The summed E-state index contributed by atoms with van der Waals surface area (Å²) in [5.74, 6) is -2.31. The lowest BCUT2D eigenvalue weighted by Crippen LogP contribution is -2.39. The third-order valence-corrected chi connectivity index (χ3v) is 6.35. The van der Waals surface area contributed by atoms with Gasteiger partial charge in [-0.2, -0.15) is 13.2 Å². The van der Waals surface area contributed by atoms with Crippen molar-refractivity contribution < 1.29 is 37.8 Å². The van der Waals surface area contributed by atoms with Crippen molar-refractivity contribution in [3.05, 3.63) is 70.2 Å². The first-order valence-electron chi connectivity index (χ1n) is 13.2. The molecule has 2 aromatic carbocycles. The maximum absolute atomic E-state index is 12.5. The van der Waals surface area contributed by atoms with Crippen molar-refractivity contribution in [2.24, 2.45) is 5.73 Å². The second-order valence-corrected chi connectivity index (χ2v) is 10.00. The van der Waals surface area contributed by atoms with Crippen LogP contribution in [0.4, 0.5) is 13.2 Å². The molecule has 2 unspecified atom stereocenters. The molecule has 11 heteroatoms. The molecule has 2 aromatic rings. The van der Waals surface area contributed by atoms with E-state index in [0.29, 0.717) is 37.7 Å². The number of aliphatic carboxylic acids is 2. The quantitative estimate of drug-likeness (QED) is 0.182. The zero-order chi connectivity index (χ0) is 30.1. The van der Waals surface area contributed by atoms with Gasteiger partial charge in [0.25, 0.3) is 0 Å². The zero-order valence-electron chi connectivity index (χ0n) is 22.6. The molecule has 2 atom stereocenters. The maximum atomic E-state index is 12.5. The number of unbranched alkanes of at least 4 members (excludes halogenated alkanes) is 4. The Kier molecular flexibility index (Phi) is 16.0. The van der Waals surface area contributed by atoms with Crippen molar-refractivity contribution in [1.82, 2.24) is 5.32 Å². The third-order valence-electron chi connectivity index (χ3n) is 6.10. The Bertz CT molecular complexity index is 1060. The fourth-order valence-corrected chi connectivity index (χ4v) is 4.03. The van der Waals surface area contributed by atoms with E-state index in [9.17, 15) is 27.6 Å². The van der Waals surface area contributed by atoms with E-state index in [-0.39, 0.29) is 5.91 Å². The molecule has 0 saturated carbocycles. The standard InChI is InChI=1S/C15H20ClNO3.C14H18F3NO2/c1-11(18)17-14(15(19)20)6-4-2-3-5-12-7-9-13(16)10-8-12;15-14(16,17)11-7-4-6-10(9-11)5-2-1-3-8-12(18)13(19)20/h7-10,14H,2-6H2,1H3,(H,17,18)(H,19,20);4,6-7,9,12H,1-3,5,8,18H2,(H,19,20). The van der Waals surface area contributed by atoms with Gasteiger partial charge in [0.1, 0.15) is 12.1 Å². The lowest BCUT2D eigenvalue weighted by molar-refractivity contribution is -0.141. The molecule has 0 fully saturated rings. The summed E-state index contributed by atoms with van der Waals surface area (Å²) in [5.41, 5.74) is 6.59. The smallest absolute Gasteiger partial charge is 0.416 e. The van der Waals surface area contributed by atoms with Crippen LogP contribution in [-0.4, -0.2) is 40.1 Å². The van der Waals surface area contributed by atoms with Crippen LogP contribution < -0.4 is 11.1 Å². The van der Waals surface area contributed by atoms with Crippen LogP contribution in [0.3, 0.4) is 0 Å². The van der Waals surface area contributed by atoms with E-state index in [0.717, 1.165) is 49.3 Å². The van der Waals surface area contributed by atoms with Crippen LogP contribution in [-0.2, 0) is 33.4 Å². The highest BCUT2D eigenvalue weighted by Crippen LogP contribution is 2.29. The van der Waals surface area contributed by atoms with E-state index < -0.39 is 35.8 Å². The number of nitrogens with two attached hydrogens (primary N) is 1. The number of amides is 1. The van der Waals surface area contributed by atoms with Crippen LogP contribution >= 0.6 is 11.6 Å². The number of hydrogen-bond acceptors (Lipinski definition) is 4. The summed E-state index contributed by atoms with van der Waals surface area (Å²) in [6.45, 7) is 1.33. The predicted molar refractivity (Wildman–Crippen MR) is 148 cm³/mol. The summed E-state index contributed by atoms with van der Waals surface area (Å²) in [5, 5.41) is 20.7. The summed E-state index contributed by atoms with van der Waals surface area (Å²) in [6, 6.07) is 11.4. The molecule has 1 amide bonds. The highest BCUT2D eigenvalue weighted by molar-refractivity contribution is 6.30. The number of benzene rings is 2. The number of alkyl halides is 3. The van der Waals surface area contributed by atoms with E-state index in [4.69, 9.17) is 27.5 Å². The minimum absolute atomic E-state index is 0.307. The van der Waals surface area contributed by atoms with Crippen LogP contribution in [0.5, 0.6) is 0 Å². The maximum Gasteiger partial charge on any atom is 0.416 e. The van der Waals surface area contributed by atoms with Gasteiger partial charge in [-0.25, -0.2) is 4.79 Å². The summed E-state index contributed by atoms with van der Waals surface area (Å²) >= 11 is 5.81. The number of halogens is 4. The topological polar surface area (TPSA) is 130 Å². The van der Waals surface area contributed by atoms with Crippen LogP contribution in [0.1, 0.15) is 75.0 Å². The molecule has 0 aliphatic rings. The number of hydrogen-bond donors (Lipinski definition) is 4. The first kappa shape index (κ1) is 34.9. The molecule has 5 N–H and O–H groups in total. The molecule has 40 heavy (non-hydrogen) atoms. The van der Waals surface area contributed by atoms with E-state index in [2.05, 4.69) is 5.32 Å². The average molecular weight is 587 g/mol. The summed E-state index contributed by atoms with van der Waals surface area (Å²) in [7, 11) is 0. The fraction of sp³-hybridized carbons (Fsp3) is 0.483. The number of carbonyl (C=O) groups excluding carboxylic acids is 1. The van der Waals surface area contributed by atoms with Crippen LogP contribution in [0.25, 0.3) is 0 Å². The zero-order valence-corrected chi connectivity index (χ0v) is 23.3. The molecule has 222 valence electrons. The molecular formula is C29H38ClF3N2O5. The van der Waals surface area contributed by atoms with E-state index in [1.54, 1.807) is 6.07 Å². The van der Waals surface area contributed by atoms with Crippen molar-refractivity contribution in [3.8, 4) is 0 Å². The van der Waals surface area contributed by atoms with Crippen molar-refractivity contribution in [2.45, 2.75) is 89.4 Å². The van der Waals surface area contributed by atoms with Crippen LogP contribution in [0, 0.1) is 0 Å². The van der Waals surface area contributed by atoms with Gasteiger partial charge in [0.2, 0.25) is 5.91 Å². The van der Waals surface area contributed by atoms with Gasteiger partial charge < -0.3 is 21.3 Å². The molecule has 0 aliphatic carbocycles. The second kappa shape index (κ2) is 18.3. The predicted octanol–water partition coefficient (Wildman–Crippen LogP) is 6.25. The molecule has 0 radical (unpaired) electrons. The molecule has 7 nitrogen and oxygen atoms in total. The number of aryl methyl sites for hydroxylation is 2. The van der Waals surface area contributed by atoms with Gasteiger partial charge in [0.15, 0.2) is 0 Å².